The number of nitrogens with zero attached hydrogens (tertiary/aromatic N) is 1. The second kappa shape index (κ2) is 5.79. The number of halogens is 1. The van der Waals surface area contributed by atoms with Gasteiger partial charge in [-0.25, -0.2) is 4.39 Å². The van der Waals surface area contributed by atoms with Crippen molar-refractivity contribution in [3.63, 3.8) is 0 Å². The van der Waals surface area contributed by atoms with Crippen molar-refractivity contribution in [2.75, 3.05) is 18.0 Å². The molecule has 110 valence electrons. The van der Waals surface area contributed by atoms with Crippen LogP contribution < -0.4 is 10.6 Å². The van der Waals surface area contributed by atoms with Gasteiger partial charge in [0, 0.05) is 18.8 Å². The topological polar surface area (TPSA) is 66.6 Å². The monoisotopic (exact) mass is 280 g/mol. The summed E-state index contributed by atoms with van der Waals surface area (Å²) in [6, 6.07) is 4.85. The summed E-state index contributed by atoms with van der Waals surface area (Å²) >= 11 is 0. The minimum absolute atomic E-state index is 0.233. The molecule has 0 amide bonds. The number of aliphatic carboxylic acids is 1. The summed E-state index contributed by atoms with van der Waals surface area (Å²) in [5.74, 6) is -1.18. The van der Waals surface area contributed by atoms with Gasteiger partial charge in [-0.05, 0) is 43.4 Å². The average molecular weight is 280 g/mol. The Morgan fingerprint density at radius 2 is 2.30 bits per heavy atom. The molecule has 0 aliphatic carbocycles. The molecule has 0 radical (unpaired) electrons. The van der Waals surface area contributed by atoms with Crippen LogP contribution in [0.2, 0.25) is 0 Å². The number of hydrogen-bond donors (Lipinski definition) is 2. The normalized spacial score (nSPS) is 16.9. The van der Waals surface area contributed by atoms with E-state index >= 15 is 0 Å². The highest BCUT2D eigenvalue weighted by Crippen LogP contribution is 2.29. The van der Waals surface area contributed by atoms with Crippen molar-refractivity contribution in [1.29, 1.82) is 0 Å². The van der Waals surface area contributed by atoms with Gasteiger partial charge in [0.15, 0.2) is 0 Å². The molecule has 1 unspecified atom stereocenters. The first-order valence-corrected chi connectivity index (χ1v) is 7.02. The molecule has 3 N–H and O–H groups in total. The third-order valence-corrected chi connectivity index (χ3v) is 4.15. The van der Waals surface area contributed by atoms with E-state index in [2.05, 4.69) is 4.90 Å². The lowest BCUT2D eigenvalue weighted by molar-refractivity contribution is -0.143. The van der Waals surface area contributed by atoms with Crippen LogP contribution in [0.3, 0.4) is 0 Å². The summed E-state index contributed by atoms with van der Waals surface area (Å²) in [5.41, 5.74) is 6.80. The third kappa shape index (κ3) is 2.93. The van der Waals surface area contributed by atoms with Gasteiger partial charge in [0.1, 0.15) is 11.4 Å². The van der Waals surface area contributed by atoms with Crippen molar-refractivity contribution in [3.8, 4) is 0 Å². The minimum Gasteiger partial charge on any atom is -0.480 e. The molecule has 1 aromatic rings. The molecule has 20 heavy (non-hydrogen) atoms. The summed E-state index contributed by atoms with van der Waals surface area (Å²) < 4.78 is 13.3. The van der Waals surface area contributed by atoms with Gasteiger partial charge in [0.25, 0.3) is 0 Å². The van der Waals surface area contributed by atoms with Crippen LogP contribution in [0.5, 0.6) is 0 Å². The lowest BCUT2D eigenvalue weighted by Gasteiger charge is -2.25. The number of rotatable bonds is 6. The molecule has 0 bridgehead atoms. The van der Waals surface area contributed by atoms with Gasteiger partial charge in [-0.1, -0.05) is 13.0 Å². The maximum atomic E-state index is 13.3. The smallest absolute Gasteiger partial charge is 0.323 e. The van der Waals surface area contributed by atoms with Crippen molar-refractivity contribution >= 4 is 11.7 Å². The first-order chi connectivity index (χ1) is 9.46. The van der Waals surface area contributed by atoms with Gasteiger partial charge in [-0.2, -0.15) is 0 Å². The predicted octanol–water partition coefficient (Wildman–Crippen LogP) is 2.16. The highest BCUT2D eigenvalue weighted by atomic mass is 19.1. The molecule has 0 spiro atoms. The number of hydrogen-bond acceptors (Lipinski definition) is 3. The van der Waals surface area contributed by atoms with Gasteiger partial charge in [-0.3, -0.25) is 4.79 Å². The van der Waals surface area contributed by atoms with Gasteiger partial charge >= 0.3 is 5.97 Å². The molecular weight excluding hydrogens is 259 g/mol. The Balaban J connectivity index is 1.94. The van der Waals surface area contributed by atoms with E-state index in [1.165, 1.54) is 6.07 Å². The number of fused-ring (bicyclic) bond motifs is 1. The highest BCUT2D eigenvalue weighted by molar-refractivity contribution is 5.78. The van der Waals surface area contributed by atoms with E-state index in [9.17, 15) is 9.18 Å². The number of nitrogens with two attached hydrogens (primary N) is 1. The molecule has 0 saturated heterocycles. The van der Waals surface area contributed by atoms with Gasteiger partial charge in [-0.15, -0.1) is 0 Å². The summed E-state index contributed by atoms with van der Waals surface area (Å²) in [6.07, 6.45) is 2.44. The van der Waals surface area contributed by atoms with E-state index in [1.54, 1.807) is 13.0 Å². The zero-order valence-corrected chi connectivity index (χ0v) is 11.7. The summed E-state index contributed by atoms with van der Waals surface area (Å²) in [5, 5.41) is 9.13. The summed E-state index contributed by atoms with van der Waals surface area (Å²) in [4.78, 5) is 13.2. The lowest BCUT2D eigenvalue weighted by Crippen LogP contribution is -2.47. The first-order valence-electron chi connectivity index (χ1n) is 7.02. The van der Waals surface area contributed by atoms with Crippen molar-refractivity contribution in [1.82, 2.24) is 0 Å². The predicted molar refractivity (Wildman–Crippen MR) is 76.4 cm³/mol. The van der Waals surface area contributed by atoms with Gasteiger partial charge < -0.3 is 15.7 Å². The molecule has 0 fully saturated rings. The Bertz CT molecular complexity index is 507. The van der Waals surface area contributed by atoms with E-state index < -0.39 is 11.5 Å². The second-order valence-electron chi connectivity index (χ2n) is 5.43. The largest absolute Gasteiger partial charge is 0.480 e. The zero-order chi connectivity index (χ0) is 14.8. The molecule has 0 saturated carbocycles. The fourth-order valence-corrected chi connectivity index (χ4v) is 2.67. The Hall–Kier alpha value is -1.62. The summed E-state index contributed by atoms with van der Waals surface area (Å²) in [6.45, 7) is 3.35. The lowest BCUT2D eigenvalue weighted by atomic mass is 9.92. The van der Waals surface area contributed by atoms with Crippen LogP contribution in [0.4, 0.5) is 10.1 Å². The average Bonchev–Trinajstić information content (AvgIpc) is 2.81. The quantitative estimate of drug-likeness (QED) is 0.838. The van der Waals surface area contributed by atoms with Crippen LogP contribution in [-0.2, 0) is 11.2 Å². The van der Waals surface area contributed by atoms with Crippen LogP contribution in [0.25, 0.3) is 0 Å². The highest BCUT2D eigenvalue weighted by Gasteiger charge is 2.31. The number of anilines is 1. The van der Waals surface area contributed by atoms with E-state index in [0.29, 0.717) is 25.8 Å². The standard InChI is InChI=1S/C15H21FN2O2/c1-2-15(17,14(19)20)7-3-8-18-9-6-11-4-5-12(16)10-13(11)18/h4-5,10H,2-3,6-9,17H2,1H3,(H,19,20). The third-order valence-electron chi connectivity index (χ3n) is 4.15. The SMILES string of the molecule is CCC(N)(CCCN1CCc2ccc(F)cc21)C(=O)O. The van der Waals surface area contributed by atoms with Crippen LogP contribution >= 0.6 is 0 Å². The summed E-state index contributed by atoms with van der Waals surface area (Å²) in [7, 11) is 0. The Morgan fingerprint density at radius 1 is 1.55 bits per heavy atom. The minimum atomic E-state index is -1.15. The van der Waals surface area contributed by atoms with Gasteiger partial charge in [0.05, 0.1) is 0 Å². The van der Waals surface area contributed by atoms with Crippen LogP contribution in [0.15, 0.2) is 18.2 Å². The molecule has 0 aromatic heterocycles. The second-order valence-corrected chi connectivity index (χ2v) is 5.43. The van der Waals surface area contributed by atoms with Crippen molar-refractivity contribution in [2.45, 2.75) is 38.1 Å². The Labute approximate surface area is 118 Å². The van der Waals surface area contributed by atoms with Crippen molar-refractivity contribution in [3.05, 3.63) is 29.6 Å². The van der Waals surface area contributed by atoms with E-state index in [1.807, 2.05) is 6.07 Å². The molecule has 1 aliphatic rings. The number of carboxylic acids is 1. The Morgan fingerprint density at radius 3 is 2.95 bits per heavy atom. The number of carboxylic acid groups (broad SMARTS) is 1. The molecule has 1 aromatic carbocycles. The maximum absolute atomic E-state index is 13.3. The van der Waals surface area contributed by atoms with E-state index in [0.717, 1.165) is 24.2 Å². The molecule has 5 heteroatoms. The van der Waals surface area contributed by atoms with Crippen LogP contribution in [-0.4, -0.2) is 29.7 Å². The molecule has 1 aliphatic heterocycles. The van der Waals surface area contributed by atoms with Gasteiger partial charge in [0.2, 0.25) is 0 Å². The molecule has 2 rings (SSSR count). The van der Waals surface area contributed by atoms with Crippen LogP contribution in [0.1, 0.15) is 31.7 Å². The maximum Gasteiger partial charge on any atom is 0.323 e. The number of carbonyl (C=O) groups is 1. The van der Waals surface area contributed by atoms with Crippen LogP contribution in [0, 0.1) is 5.82 Å². The zero-order valence-electron chi connectivity index (χ0n) is 11.7. The molecule has 1 heterocycles. The number of benzene rings is 1. The first kappa shape index (κ1) is 14.8. The fourth-order valence-electron chi connectivity index (χ4n) is 2.67. The fraction of sp³-hybridized carbons (Fsp3) is 0.533. The van der Waals surface area contributed by atoms with E-state index in [4.69, 9.17) is 10.8 Å². The molecule has 1 atom stereocenters. The van der Waals surface area contributed by atoms with Crippen molar-refractivity contribution in [2.24, 2.45) is 5.73 Å². The Kier molecular flexibility index (Phi) is 4.28. The van der Waals surface area contributed by atoms with E-state index in [-0.39, 0.29) is 5.82 Å². The molecule has 4 nitrogen and oxygen atoms in total. The molecular formula is C15H21FN2O2. The van der Waals surface area contributed by atoms with Crippen molar-refractivity contribution < 1.29 is 14.3 Å².